The van der Waals surface area contributed by atoms with Crippen LogP contribution in [0.5, 0.6) is 0 Å². The number of ketones is 1. The van der Waals surface area contributed by atoms with E-state index in [1.165, 1.54) is 37.3 Å². The van der Waals surface area contributed by atoms with E-state index in [0.29, 0.717) is 5.56 Å². The molecule has 1 atom stereocenters. The fourth-order valence-corrected chi connectivity index (χ4v) is 4.78. The van der Waals surface area contributed by atoms with Crippen LogP contribution in [0.1, 0.15) is 45.0 Å². The predicted octanol–water partition coefficient (Wildman–Crippen LogP) is 4.84. The lowest BCUT2D eigenvalue weighted by Gasteiger charge is -2.23. The zero-order valence-corrected chi connectivity index (χ0v) is 19.8. The Kier molecular flexibility index (Phi) is 6.49. The number of hydrogen-bond donors (Lipinski definition) is 1. The van der Waals surface area contributed by atoms with Crippen molar-refractivity contribution in [3.05, 3.63) is 86.9 Å². The molecule has 1 amide bonds. The van der Waals surface area contributed by atoms with Gasteiger partial charge in [-0.05, 0) is 50.1 Å². The number of nitrogens with zero attached hydrogens (tertiary/aromatic N) is 2. The molecule has 1 aliphatic rings. The highest BCUT2D eigenvalue weighted by atomic mass is 32.1. The lowest BCUT2D eigenvalue weighted by Crippen LogP contribution is -2.29. The molecule has 0 spiro atoms. The molecule has 0 bridgehead atoms. The second kappa shape index (κ2) is 9.38. The van der Waals surface area contributed by atoms with E-state index in [-0.39, 0.29) is 39.0 Å². The molecule has 180 valence electrons. The third-order valence-corrected chi connectivity index (χ3v) is 6.64. The van der Waals surface area contributed by atoms with Crippen LogP contribution in [0.2, 0.25) is 0 Å². The number of carbonyl (C=O) groups is 3. The molecule has 2 heterocycles. The van der Waals surface area contributed by atoms with Gasteiger partial charge < -0.3 is 9.84 Å². The van der Waals surface area contributed by atoms with Gasteiger partial charge in [0.25, 0.3) is 5.78 Å². The summed E-state index contributed by atoms with van der Waals surface area (Å²) in [4.78, 5) is 44.0. The molecule has 1 aliphatic heterocycles. The van der Waals surface area contributed by atoms with Gasteiger partial charge in [0.05, 0.1) is 23.9 Å². The maximum atomic E-state index is 14.2. The molecule has 7 nitrogen and oxygen atoms in total. The van der Waals surface area contributed by atoms with Gasteiger partial charge in [-0.3, -0.25) is 14.5 Å². The molecule has 0 radical (unpaired) electrons. The van der Waals surface area contributed by atoms with Crippen molar-refractivity contribution in [2.45, 2.75) is 26.8 Å². The van der Waals surface area contributed by atoms with Crippen LogP contribution < -0.4 is 4.90 Å². The minimum atomic E-state index is -1.27. The minimum absolute atomic E-state index is 0.00366. The Bertz CT molecular complexity index is 1400. The van der Waals surface area contributed by atoms with Crippen molar-refractivity contribution < 1.29 is 33.0 Å². The van der Waals surface area contributed by atoms with Gasteiger partial charge in [0.2, 0.25) is 0 Å². The maximum absolute atomic E-state index is 14.2. The summed E-state index contributed by atoms with van der Waals surface area (Å²) < 4.78 is 33.4. The van der Waals surface area contributed by atoms with Crippen molar-refractivity contribution in [2.24, 2.45) is 0 Å². The van der Waals surface area contributed by atoms with Gasteiger partial charge >= 0.3 is 11.9 Å². The molecule has 0 saturated carbocycles. The number of amides is 1. The number of anilines is 1. The second-order valence-electron chi connectivity index (χ2n) is 7.82. The first-order valence-corrected chi connectivity index (χ1v) is 11.4. The van der Waals surface area contributed by atoms with Crippen LogP contribution >= 0.6 is 11.3 Å². The first-order valence-electron chi connectivity index (χ1n) is 10.6. The van der Waals surface area contributed by atoms with Crippen LogP contribution in [0.25, 0.3) is 5.76 Å². The number of aryl methyl sites for hydroxylation is 2. The lowest BCUT2D eigenvalue weighted by atomic mass is 9.95. The van der Waals surface area contributed by atoms with Crippen molar-refractivity contribution in [2.75, 3.05) is 11.5 Å². The number of carbonyl (C=O) groups excluding carboxylic acids is 3. The highest BCUT2D eigenvalue weighted by Crippen LogP contribution is 2.44. The van der Waals surface area contributed by atoms with Crippen molar-refractivity contribution in [3.8, 4) is 0 Å². The summed E-state index contributed by atoms with van der Waals surface area (Å²) in [6.45, 7) is 4.86. The van der Waals surface area contributed by atoms with Crippen LogP contribution in [0.3, 0.4) is 0 Å². The molecule has 35 heavy (non-hydrogen) atoms. The van der Waals surface area contributed by atoms with Crippen molar-refractivity contribution in [3.63, 3.8) is 0 Å². The molecular weight excluding hydrogens is 478 g/mol. The topological polar surface area (TPSA) is 96.8 Å². The Morgan fingerprint density at radius 1 is 1.17 bits per heavy atom. The van der Waals surface area contributed by atoms with Gasteiger partial charge in [-0.15, -0.1) is 0 Å². The van der Waals surface area contributed by atoms with E-state index >= 15 is 0 Å². The third kappa shape index (κ3) is 4.32. The number of rotatable bonds is 5. The Balaban J connectivity index is 1.93. The van der Waals surface area contributed by atoms with E-state index < -0.39 is 41.1 Å². The number of aliphatic hydroxyl groups is 1. The number of aromatic nitrogens is 1. The Morgan fingerprint density at radius 2 is 1.91 bits per heavy atom. The van der Waals surface area contributed by atoms with Crippen molar-refractivity contribution in [1.82, 2.24) is 4.98 Å². The molecule has 2 aromatic carbocycles. The summed E-state index contributed by atoms with van der Waals surface area (Å²) in [5.41, 5.74) is 0.422. The summed E-state index contributed by atoms with van der Waals surface area (Å²) in [5, 5.41) is 11.0. The van der Waals surface area contributed by atoms with Crippen LogP contribution in [0.4, 0.5) is 13.9 Å². The van der Waals surface area contributed by atoms with Crippen LogP contribution in [-0.4, -0.2) is 34.4 Å². The fourth-order valence-electron chi connectivity index (χ4n) is 3.79. The zero-order chi connectivity index (χ0) is 25.4. The number of aliphatic hydroxyl groups excluding tert-OH is 1. The lowest BCUT2D eigenvalue weighted by molar-refractivity contribution is -0.132. The number of Topliss-reactive ketones (excluding diaryl/α,β-unsaturated/α-hetero) is 1. The molecule has 10 heteroatoms. The Hall–Kier alpha value is -3.92. The molecule has 0 unspecified atom stereocenters. The SMILES string of the molecule is CCOC(=O)c1sc(N2C(=O)C(=O)C(=C(O)c3ccc(C)c(F)c3)[C@H]2c2cccc(F)c2)nc1C. The van der Waals surface area contributed by atoms with Crippen molar-refractivity contribution in [1.29, 1.82) is 0 Å². The number of hydrogen-bond acceptors (Lipinski definition) is 7. The monoisotopic (exact) mass is 498 g/mol. The number of benzene rings is 2. The second-order valence-corrected chi connectivity index (χ2v) is 8.80. The van der Waals surface area contributed by atoms with Crippen molar-refractivity contribution >= 4 is 39.9 Å². The van der Waals surface area contributed by atoms with Gasteiger partial charge in [-0.1, -0.05) is 35.6 Å². The molecule has 1 saturated heterocycles. The van der Waals surface area contributed by atoms with Crippen LogP contribution in [-0.2, 0) is 14.3 Å². The van der Waals surface area contributed by atoms with Gasteiger partial charge in [0, 0.05) is 5.56 Å². The minimum Gasteiger partial charge on any atom is -0.507 e. The molecular formula is C25H20F2N2O5S. The molecule has 1 aromatic heterocycles. The molecule has 3 aromatic rings. The Labute approximate surface area is 203 Å². The fraction of sp³-hybridized carbons (Fsp3) is 0.200. The van der Waals surface area contributed by atoms with Gasteiger partial charge in [0.1, 0.15) is 22.3 Å². The summed E-state index contributed by atoms with van der Waals surface area (Å²) in [6.07, 6.45) is 0. The first-order chi connectivity index (χ1) is 16.6. The van der Waals surface area contributed by atoms with E-state index in [1.807, 2.05) is 0 Å². The summed E-state index contributed by atoms with van der Waals surface area (Å²) in [6, 6.07) is 7.82. The quantitative estimate of drug-likeness (QED) is 0.234. The smallest absolute Gasteiger partial charge is 0.350 e. The Morgan fingerprint density at radius 3 is 2.57 bits per heavy atom. The molecule has 1 N–H and O–H groups in total. The van der Waals surface area contributed by atoms with Crippen LogP contribution in [0.15, 0.2) is 48.0 Å². The first kappa shape index (κ1) is 24.2. The van der Waals surface area contributed by atoms with Gasteiger partial charge in [0.15, 0.2) is 5.13 Å². The number of thiazole rings is 1. The number of halogens is 2. The van der Waals surface area contributed by atoms with E-state index in [2.05, 4.69) is 4.98 Å². The average Bonchev–Trinajstić information content (AvgIpc) is 3.32. The van der Waals surface area contributed by atoms with E-state index in [4.69, 9.17) is 4.74 Å². The van der Waals surface area contributed by atoms with Gasteiger partial charge in [-0.25, -0.2) is 18.6 Å². The van der Waals surface area contributed by atoms with E-state index in [0.717, 1.165) is 28.4 Å². The highest BCUT2D eigenvalue weighted by molar-refractivity contribution is 7.17. The van der Waals surface area contributed by atoms with E-state index in [9.17, 15) is 28.3 Å². The molecule has 0 aliphatic carbocycles. The average molecular weight is 499 g/mol. The molecule has 1 fully saturated rings. The standard InChI is InChI=1S/C25H20F2N2O5S/c1-4-34-24(33)22-13(3)28-25(35-22)29-19(14-6-5-7-16(26)10-14)18(21(31)23(29)32)20(30)15-9-8-12(2)17(27)11-15/h5-11,19,30H,4H2,1-3H3/t19-/m1/s1. The summed E-state index contributed by atoms with van der Waals surface area (Å²) in [5.74, 6) is -4.57. The van der Waals surface area contributed by atoms with Crippen LogP contribution in [0, 0.1) is 25.5 Å². The summed E-state index contributed by atoms with van der Waals surface area (Å²) in [7, 11) is 0. The summed E-state index contributed by atoms with van der Waals surface area (Å²) >= 11 is 0.836. The highest BCUT2D eigenvalue weighted by Gasteiger charge is 2.48. The normalized spacial score (nSPS) is 17.2. The number of ether oxygens (including phenoxy) is 1. The third-order valence-electron chi connectivity index (χ3n) is 5.51. The number of esters is 1. The van der Waals surface area contributed by atoms with E-state index in [1.54, 1.807) is 13.8 Å². The maximum Gasteiger partial charge on any atom is 0.350 e. The molecule has 4 rings (SSSR count). The predicted molar refractivity (Wildman–Crippen MR) is 125 cm³/mol. The zero-order valence-electron chi connectivity index (χ0n) is 19.0. The van der Waals surface area contributed by atoms with Gasteiger partial charge in [-0.2, -0.15) is 0 Å². The largest absolute Gasteiger partial charge is 0.507 e.